The van der Waals surface area contributed by atoms with Crippen molar-refractivity contribution in [3.63, 3.8) is 0 Å². The lowest BCUT2D eigenvalue weighted by molar-refractivity contribution is 0.198. The highest BCUT2D eigenvalue weighted by Gasteiger charge is 2.23. The van der Waals surface area contributed by atoms with Gasteiger partial charge in [0, 0.05) is 30.5 Å². The van der Waals surface area contributed by atoms with Gasteiger partial charge in [-0.3, -0.25) is 4.57 Å². The zero-order valence-electron chi connectivity index (χ0n) is 16.1. The van der Waals surface area contributed by atoms with Crippen LogP contribution in [-0.4, -0.2) is 38.7 Å². The van der Waals surface area contributed by atoms with E-state index in [1.807, 2.05) is 35.8 Å². The third-order valence-electron chi connectivity index (χ3n) is 4.99. The smallest absolute Gasteiger partial charge is 0.232 e. The molecule has 4 rings (SSSR count). The molecule has 1 aliphatic heterocycles. The van der Waals surface area contributed by atoms with Crippen molar-refractivity contribution in [2.24, 2.45) is 0 Å². The molecule has 152 valence electrons. The van der Waals surface area contributed by atoms with Gasteiger partial charge in [-0.1, -0.05) is 35.5 Å². The van der Waals surface area contributed by atoms with Crippen molar-refractivity contribution in [1.29, 1.82) is 0 Å². The zero-order valence-corrected chi connectivity index (χ0v) is 16.9. The molecule has 0 aliphatic carbocycles. The van der Waals surface area contributed by atoms with Crippen molar-refractivity contribution in [3.05, 3.63) is 65.2 Å². The van der Waals surface area contributed by atoms with Gasteiger partial charge in [-0.05, 0) is 38.0 Å². The second-order valence-electron chi connectivity index (χ2n) is 7.14. The van der Waals surface area contributed by atoms with Crippen molar-refractivity contribution in [3.8, 4) is 5.69 Å². The number of anilines is 1. The third-order valence-corrected chi connectivity index (χ3v) is 5.99. The van der Waals surface area contributed by atoms with Gasteiger partial charge in [0.05, 0.1) is 11.8 Å². The molecule has 1 fully saturated rings. The number of aliphatic hydroxyl groups excluding tert-OH is 1. The number of rotatable bonds is 6. The van der Waals surface area contributed by atoms with Gasteiger partial charge in [-0.15, -0.1) is 10.2 Å². The molecule has 8 heteroatoms. The molecule has 1 aromatic heterocycles. The van der Waals surface area contributed by atoms with Crippen LogP contribution >= 0.6 is 11.8 Å². The highest BCUT2D eigenvalue weighted by atomic mass is 32.2. The first kappa shape index (κ1) is 19.8. The van der Waals surface area contributed by atoms with E-state index in [9.17, 15) is 13.9 Å². The average molecular weight is 416 g/mol. The number of halogens is 2. The third kappa shape index (κ3) is 4.28. The normalized spacial score (nSPS) is 15.1. The second-order valence-corrected chi connectivity index (χ2v) is 8.13. The lowest BCUT2D eigenvalue weighted by Crippen LogP contribution is -2.22. The fraction of sp³-hybridized carbons (Fsp3) is 0.333. The topological polar surface area (TPSA) is 54.2 Å². The Kier molecular flexibility index (Phi) is 5.82. The molecule has 3 aromatic rings. The van der Waals surface area contributed by atoms with Crippen LogP contribution in [0.25, 0.3) is 5.69 Å². The number of aliphatic hydroxyl groups is 1. The summed E-state index contributed by atoms with van der Waals surface area (Å²) in [5, 5.41) is 19.8. The van der Waals surface area contributed by atoms with Crippen LogP contribution in [-0.2, 0) is 0 Å². The van der Waals surface area contributed by atoms with E-state index in [0.29, 0.717) is 5.16 Å². The molecule has 5 nitrogen and oxygen atoms in total. The molecule has 1 N–H and O–H groups in total. The van der Waals surface area contributed by atoms with Crippen LogP contribution in [0.2, 0.25) is 0 Å². The van der Waals surface area contributed by atoms with Gasteiger partial charge >= 0.3 is 0 Å². The summed E-state index contributed by atoms with van der Waals surface area (Å²) in [5.41, 5.74) is 2.16. The minimum atomic E-state index is -1.08. The van der Waals surface area contributed by atoms with Gasteiger partial charge in [-0.2, -0.15) is 0 Å². The summed E-state index contributed by atoms with van der Waals surface area (Å²) >= 11 is 1.29. The maximum Gasteiger partial charge on any atom is 0.232 e. The molecular weight excluding hydrogens is 394 g/mol. The van der Waals surface area contributed by atoms with E-state index in [1.165, 1.54) is 17.8 Å². The van der Waals surface area contributed by atoms with E-state index < -0.39 is 17.7 Å². The molecule has 1 unspecified atom stereocenters. The molecule has 0 spiro atoms. The fourth-order valence-corrected chi connectivity index (χ4v) is 4.31. The predicted molar refractivity (Wildman–Crippen MR) is 110 cm³/mol. The molecule has 1 saturated heterocycles. The molecule has 1 aliphatic rings. The summed E-state index contributed by atoms with van der Waals surface area (Å²) in [5.74, 6) is -0.473. The standard InChI is InChI=1S/C21H22F2N4OS/c1-14-4-7-16(8-5-14)27-20(26-10-2-3-11-26)24-25-21(27)29-13-19(28)17-9-6-15(22)12-18(17)23/h4-9,12,19,28H,2-3,10-11,13H2,1H3. The zero-order chi connectivity index (χ0) is 20.4. The number of aromatic nitrogens is 3. The van der Waals surface area contributed by atoms with Gasteiger partial charge in [0.25, 0.3) is 0 Å². The first-order valence-electron chi connectivity index (χ1n) is 9.56. The van der Waals surface area contributed by atoms with Crippen molar-refractivity contribution < 1.29 is 13.9 Å². The molecular formula is C21H22F2N4OS. The summed E-state index contributed by atoms with van der Waals surface area (Å²) < 4.78 is 29.1. The van der Waals surface area contributed by atoms with Crippen LogP contribution in [0.1, 0.15) is 30.1 Å². The number of nitrogens with zero attached hydrogens (tertiary/aromatic N) is 4. The van der Waals surface area contributed by atoms with Crippen LogP contribution < -0.4 is 4.90 Å². The highest BCUT2D eigenvalue weighted by Crippen LogP contribution is 2.31. The first-order valence-corrected chi connectivity index (χ1v) is 10.5. The van der Waals surface area contributed by atoms with Crippen LogP contribution in [0.4, 0.5) is 14.7 Å². The minimum Gasteiger partial charge on any atom is -0.387 e. The van der Waals surface area contributed by atoms with Gasteiger partial charge in [0.1, 0.15) is 11.6 Å². The van der Waals surface area contributed by atoms with Gasteiger partial charge < -0.3 is 10.0 Å². The minimum absolute atomic E-state index is 0.0695. The van der Waals surface area contributed by atoms with Crippen LogP contribution in [0.15, 0.2) is 47.6 Å². The van der Waals surface area contributed by atoms with Crippen LogP contribution in [0.5, 0.6) is 0 Å². The highest BCUT2D eigenvalue weighted by molar-refractivity contribution is 7.99. The Bertz CT molecular complexity index is 987. The van der Waals surface area contributed by atoms with E-state index in [-0.39, 0.29) is 11.3 Å². The maximum atomic E-state index is 14.0. The van der Waals surface area contributed by atoms with Gasteiger partial charge in [0.15, 0.2) is 5.16 Å². The summed E-state index contributed by atoms with van der Waals surface area (Å²) in [4.78, 5) is 2.20. The Morgan fingerprint density at radius 1 is 1.07 bits per heavy atom. The lowest BCUT2D eigenvalue weighted by Gasteiger charge is -2.19. The quantitative estimate of drug-likeness (QED) is 0.608. The van der Waals surface area contributed by atoms with Crippen molar-refractivity contribution in [1.82, 2.24) is 14.8 Å². The van der Waals surface area contributed by atoms with Crippen LogP contribution in [0, 0.1) is 18.6 Å². The predicted octanol–water partition coefficient (Wildman–Crippen LogP) is 4.28. The Hall–Kier alpha value is -2.45. The summed E-state index contributed by atoms with van der Waals surface area (Å²) in [6, 6.07) is 11.3. The van der Waals surface area contributed by atoms with Crippen molar-refractivity contribution >= 4 is 17.7 Å². The van der Waals surface area contributed by atoms with E-state index in [1.54, 1.807) is 0 Å². The summed E-state index contributed by atoms with van der Waals surface area (Å²) in [6.45, 7) is 3.89. The average Bonchev–Trinajstić information content (AvgIpc) is 3.36. The number of hydrogen-bond acceptors (Lipinski definition) is 5. The number of aryl methyl sites for hydroxylation is 1. The van der Waals surface area contributed by atoms with E-state index in [2.05, 4.69) is 15.1 Å². The SMILES string of the molecule is Cc1ccc(-n2c(SCC(O)c3ccc(F)cc3F)nnc2N2CCCC2)cc1. The summed E-state index contributed by atoms with van der Waals surface area (Å²) in [6.07, 6.45) is 1.15. The number of benzene rings is 2. The molecule has 2 aromatic carbocycles. The van der Waals surface area contributed by atoms with Crippen LogP contribution in [0.3, 0.4) is 0 Å². The molecule has 0 bridgehead atoms. The molecule has 0 radical (unpaired) electrons. The van der Waals surface area contributed by atoms with Gasteiger partial charge in [-0.25, -0.2) is 8.78 Å². The van der Waals surface area contributed by atoms with E-state index in [0.717, 1.165) is 55.3 Å². The first-order chi connectivity index (χ1) is 14.0. The Balaban J connectivity index is 1.60. The molecule has 1 atom stereocenters. The maximum absolute atomic E-state index is 14.0. The lowest BCUT2D eigenvalue weighted by atomic mass is 10.1. The molecule has 0 amide bonds. The largest absolute Gasteiger partial charge is 0.387 e. The van der Waals surface area contributed by atoms with E-state index >= 15 is 0 Å². The Labute approximate surface area is 172 Å². The van der Waals surface area contributed by atoms with Crippen molar-refractivity contribution in [2.75, 3.05) is 23.7 Å². The van der Waals surface area contributed by atoms with E-state index in [4.69, 9.17) is 0 Å². The van der Waals surface area contributed by atoms with Crippen molar-refractivity contribution in [2.45, 2.75) is 31.0 Å². The Morgan fingerprint density at radius 3 is 2.48 bits per heavy atom. The summed E-state index contributed by atoms with van der Waals surface area (Å²) in [7, 11) is 0. The molecule has 0 saturated carbocycles. The van der Waals surface area contributed by atoms with Gasteiger partial charge in [0.2, 0.25) is 5.95 Å². The monoisotopic (exact) mass is 416 g/mol. The molecule has 29 heavy (non-hydrogen) atoms. The second kappa shape index (κ2) is 8.51. The number of thioether (sulfide) groups is 1. The Morgan fingerprint density at radius 2 is 1.79 bits per heavy atom. The fourth-order valence-electron chi connectivity index (χ4n) is 3.41. The number of hydrogen-bond donors (Lipinski definition) is 1. The molecule has 2 heterocycles.